The van der Waals surface area contributed by atoms with Gasteiger partial charge in [0.05, 0.1) is 11.9 Å². The first kappa shape index (κ1) is 14.3. The van der Waals surface area contributed by atoms with Gasteiger partial charge in [0.25, 0.3) is 0 Å². The van der Waals surface area contributed by atoms with Crippen LogP contribution in [0.1, 0.15) is 50.6 Å². The summed E-state index contributed by atoms with van der Waals surface area (Å²) >= 11 is 0. The van der Waals surface area contributed by atoms with Crippen molar-refractivity contribution in [1.82, 2.24) is 15.1 Å². The zero-order valence-electron chi connectivity index (χ0n) is 12.8. The molecule has 0 saturated heterocycles. The molecule has 1 unspecified atom stereocenters. The van der Waals surface area contributed by atoms with Crippen LogP contribution in [0.2, 0.25) is 0 Å². The molecule has 1 fully saturated rings. The second-order valence-electron chi connectivity index (χ2n) is 6.17. The van der Waals surface area contributed by atoms with Crippen LogP contribution in [-0.4, -0.2) is 16.3 Å². The molecule has 3 nitrogen and oxygen atoms in total. The first-order valence-corrected chi connectivity index (χ1v) is 8.16. The lowest BCUT2D eigenvalue weighted by Crippen LogP contribution is -2.21. The van der Waals surface area contributed by atoms with Crippen LogP contribution in [-0.2, 0) is 0 Å². The summed E-state index contributed by atoms with van der Waals surface area (Å²) in [5.74, 6) is 0.955. The monoisotopic (exact) mass is 283 g/mol. The molecule has 0 spiro atoms. The van der Waals surface area contributed by atoms with Gasteiger partial charge in [0.15, 0.2) is 0 Å². The van der Waals surface area contributed by atoms with Crippen molar-refractivity contribution in [2.75, 3.05) is 6.54 Å². The molecular weight excluding hydrogens is 258 g/mol. The van der Waals surface area contributed by atoms with Crippen LogP contribution >= 0.6 is 0 Å². The summed E-state index contributed by atoms with van der Waals surface area (Å²) in [5, 5.41) is 8.11. The molecule has 1 aliphatic carbocycles. The molecule has 3 rings (SSSR count). The van der Waals surface area contributed by atoms with Crippen LogP contribution in [0.5, 0.6) is 0 Å². The molecule has 21 heavy (non-hydrogen) atoms. The van der Waals surface area contributed by atoms with Crippen LogP contribution in [0.15, 0.2) is 42.7 Å². The van der Waals surface area contributed by atoms with Gasteiger partial charge >= 0.3 is 0 Å². The summed E-state index contributed by atoms with van der Waals surface area (Å²) in [6.45, 7) is 3.34. The van der Waals surface area contributed by atoms with Gasteiger partial charge in [0.2, 0.25) is 0 Å². The highest BCUT2D eigenvalue weighted by molar-refractivity contribution is 5.31. The summed E-state index contributed by atoms with van der Waals surface area (Å²) in [4.78, 5) is 0. The van der Waals surface area contributed by atoms with Gasteiger partial charge in [0.1, 0.15) is 0 Å². The summed E-state index contributed by atoms with van der Waals surface area (Å²) in [5.41, 5.74) is 2.37. The Kier molecular flexibility index (Phi) is 4.71. The zero-order chi connectivity index (χ0) is 14.5. The zero-order valence-corrected chi connectivity index (χ0v) is 12.8. The van der Waals surface area contributed by atoms with E-state index in [9.17, 15) is 0 Å². The van der Waals surface area contributed by atoms with Gasteiger partial charge in [-0.1, -0.05) is 43.9 Å². The summed E-state index contributed by atoms with van der Waals surface area (Å²) in [7, 11) is 0. The van der Waals surface area contributed by atoms with Crippen molar-refractivity contribution >= 4 is 0 Å². The van der Waals surface area contributed by atoms with E-state index in [1.54, 1.807) is 0 Å². The van der Waals surface area contributed by atoms with E-state index in [4.69, 9.17) is 0 Å². The van der Waals surface area contributed by atoms with Gasteiger partial charge in [-0.2, -0.15) is 5.10 Å². The molecule has 1 atom stereocenters. The van der Waals surface area contributed by atoms with Crippen molar-refractivity contribution in [2.24, 2.45) is 5.92 Å². The first-order valence-electron chi connectivity index (χ1n) is 8.16. The summed E-state index contributed by atoms with van der Waals surface area (Å²) in [6.07, 6.45) is 11.2. The molecule has 0 bridgehead atoms. The Morgan fingerprint density at radius 1 is 1.24 bits per heavy atom. The van der Waals surface area contributed by atoms with E-state index in [1.807, 2.05) is 29.1 Å². The van der Waals surface area contributed by atoms with Gasteiger partial charge in [-0.05, 0) is 37.9 Å². The Morgan fingerprint density at radius 3 is 2.76 bits per heavy atom. The van der Waals surface area contributed by atoms with Gasteiger partial charge < -0.3 is 5.32 Å². The quantitative estimate of drug-likeness (QED) is 0.865. The van der Waals surface area contributed by atoms with E-state index in [-0.39, 0.29) is 0 Å². The predicted molar refractivity (Wildman–Crippen MR) is 86.6 cm³/mol. The maximum atomic E-state index is 4.47. The molecule has 1 aromatic carbocycles. The standard InChI is InChI=1S/C18H25N3/c1-15(19-12-11-16-7-5-6-8-16)17-13-20-21(14-17)18-9-3-2-4-10-18/h2-4,9-10,13-16,19H,5-8,11-12H2,1H3. The molecule has 112 valence electrons. The van der Waals surface area contributed by atoms with Crippen molar-refractivity contribution in [3.63, 3.8) is 0 Å². The Labute approximate surface area is 127 Å². The van der Waals surface area contributed by atoms with Gasteiger partial charge in [0, 0.05) is 17.8 Å². The molecule has 3 heteroatoms. The third kappa shape index (κ3) is 3.73. The second-order valence-corrected chi connectivity index (χ2v) is 6.17. The van der Waals surface area contributed by atoms with E-state index in [0.29, 0.717) is 6.04 Å². The fraction of sp³-hybridized carbons (Fsp3) is 0.500. The number of aromatic nitrogens is 2. The first-order chi connectivity index (χ1) is 10.3. The van der Waals surface area contributed by atoms with E-state index in [1.165, 1.54) is 37.7 Å². The molecule has 2 aromatic rings. The van der Waals surface area contributed by atoms with Gasteiger partial charge in [-0.15, -0.1) is 0 Å². The largest absolute Gasteiger partial charge is 0.310 e. The number of hydrogen-bond donors (Lipinski definition) is 1. The van der Waals surface area contributed by atoms with Gasteiger partial charge in [-0.3, -0.25) is 0 Å². The van der Waals surface area contributed by atoms with Crippen LogP contribution in [0.4, 0.5) is 0 Å². The van der Waals surface area contributed by atoms with Crippen molar-refractivity contribution < 1.29 is 0 Å². The van der Waals surface area contributed by atoms with Crippen LogP contribution < -0.4 is 5.32 Å². The molecule has 1 aromatic heterocycles. The minimum atomic E-state index is 0.365. The number of rotatable bonds is 6. The topological polar surface area (TPSA) is 29.9 Å². The summed E-state index contributed by atoms with van der Waals surface area (Å²) < 4.78 is 1.95. The average molecular weight is 283 g/mol. The lowest BCUT2D eigenvalue weighted by molar-refractivity contribution is 0.455. The molecule has 0 radical (unpaired) electrons. The maximum absolute atomic E-state index is 4.47. The third-order valence-corrected chi connectivity index (χ3v) is 4.60. The van der Waals surface area contributed by atoms with Crippen LogP contribution in [0, 0.1) is 5.92 Å². The SMILES string of the molecule is CC(NCCC1CCCC1)c1cnn(-c2ccccc2)c1. The van der Waals surface area contributed by atoms with Gasteiger partial charge in [-0.25, -0.2) is 4.68 Å². The smallest absolute Gasteiger partial charge is 0.0645 e. The van der Waals surface area contributed by atoms with Crippen LogP contribution in [0.3, 0.4) is 0 Å². The highest BCUT2D eigenvalue weighted by Gasteiger charge is 2.15. The Bertz CT molecular complexity index is 541. The fourth-order valence-electron chi connectivity index (χ4n) is 3.20. The predicted octanol–water partition coefficient (Wildman–Crippen LogP) is 4.10. The Balaban J connectivity index is 1.53. The highest BCUT2D eigenvalue weighted by Crippen LogP contribution is 2.27. The number of nitrogens with zero attached hydrogens (tertiary/aromatic N) is 2. The lowest BCUT2D eigenvalue weighted by atomic mass is 10.0. The molecule has 1 heterocycles. The maximum Gasteiger partial charge on any atom is 0.0645 e. The molecule has 1 aliphatic rings. The average Bonchev–Trinajstić information content (AvgIpc) is 3.20. The van der Waals surface area contributed by atoms with Crippen molar-refractivity contribution in [3.8, 4) is 5.69 Å². The minimum absolute atomic E-state index is 0.365. The van der Waals surface area contributed by atoms with E-state index < -0.39 is 0 Å². The van der Waals surface area contributed by atoms with E-state index >= 15 is 0 Å². The van der Waals surface area contributed by atoms with Crippen molar-refractivity contribution in [1.29, 1.82) is 0 Å². The molecule has 1 N–H and O–H groups in total. The third-order valence-electron chi connectivity index (χ3n) is 4.60. The fourth-order valence-corrected chi connectivity index (χ4v) is 3.20. The highest BCUT2D eigenvalue weighted by atomic mass is 15.3. The van der Waals surface area contributed by atoms with Crippen LogP contribution in [0.25, 0.3) is 5.69 Å². The molecular formula is C18H25N3. The van der Waals surface area contributed by atoms with E-state index in [2.05, 4.69) is 35.7 Å². The Morgan fingerprint density at radius 2 is 2.00 bits per heavy atom. The van der Waals surface area contributed by atoms with Crippen molar-refractivity contribution in [3.05, 3.63) is 48.3 Å². The second kappa shape index (κ2) is 6.90. The molecule has 0 aliphatic heterocycles. The number of benzene rings is 1. The summed E-state index contributed by atoms with van der Waals surface area (Å²) in [6, 6.07) is 10.6. The van der Waals surface area contributed by atoms with E-state index in [0.717, 1.165) is 18.2 Å². The molecule has 0 amide bonds. The van der Waals surface area contributed by atoms with Crippen molar-refractivity contribution in [2.45, 2.75) is 45.1 Å². The number of hydrogen-bond acceptors (Lipinski definition) is 2. The Hall–Kier alpha value is -1.61. The minimum Gasteiger partial charge on any atom is -0.310 e. The number of para-hydroxylation sites is 1. The molecule has 1 saturated carbocycles. The normalized spacial score (nSPS) is 17.2. The lowest BCUT2D eigenvalue weighted by Gasteiger charge is -2.14. The number of nitrogens with one attached hydrogen (secondary N) is 1.